The molecule has 0 amide bonds. The summed E-state index contributed by atoms with van der Waals surface area (Å²) in [5.74, 6) is -2.30. The first-order valence-electron chi connectivity index (χ1n) is 14.4. The van der Waals surface area contributed by atoms with Crippen molar-refractivity contribution in [3.8, 4) is 0 Å². The second kappa shape index (κ2) is 21.1. The lowest BCUT2D eigenvalue weighted by molar-refractivity contribution is 0.0591. The Morgan fingerprint density at radius 1 is 0.640 bits per heavy atom. The lowest BCUT2D eigenvalue weighted by Gasteiger charge is -2.07. The van der Waals surface area contributed by atoms with Gasteiger partial charge >= 0.3 is 23.9 Å². The number of hydrogen-bond acceptors (Lipinski definition) is 6. The fraction of sp³-hybridized carbons (Fsp3) is 0.167. The van der Waals surface area contributed by atoms with Gasteiger partial charge in [0.1, 0.15) is 0 Å². The number of carbonyl (C=O) groups excluding carboxylic acids is 2. The largest absolute Gasteiger partial charge is 0.478 e. The Bertz CT molecular complexity index is 1840. The number of halogens is 6. The van der Waals surface area contributed by atoms with Crippen molar-refractivity contribution in [2.75, 3.05) is 14.2 Å². The molecule has 1 saturated carbocycles. The zero-order valence-electron chi connectivity index (χ0n) is 26.7. The van der Waals surface area contributed by atoms with Gasteiger partial charge in [-0.2, -0.15) is 0 Å². The molecule has 1 fully saturated rings. The summed E-state index contributed by atoms with van der Waals surface area (Å²) in [6, 6.07) is 20.5. The van der Waals surface area contributed by atoms with E-state index in [0.717, 1.165) is 18.4 Å². The van der Waals surface area contributed by atoms with Gasteiger partial charge in [-0.25, -0.2) is 19.2 Å². The number of carbonyl (C=O) groups is 4. The molecule has 0 aliphatic heterocycles. The van der Waals surface area contributed by atoms with Crippen LogP contribution in [0.25, 0.3) is 6.08 Å². The summed E-state index contributed by atoms with van der Waals surface area (Å²) in [5, 5.41) is 18.9. The van der Waals surface area contributed by atoms with E-state index in [-0.39, 0.29) is 27.1 Å². The second-order valence-corrected chi connectivity index (χ2v) is 13.3. The molecule has 5 rings (SSSR count). The van der Waals surface area contributed by atoms with Crippen LogP contribution in [0.15, 0.2) is 87.8 Å². The number of aromatic carboxylic acids is 2. The molecule has 8 nitrogen and oxygen atoms in total. The van der Waals surface area contributed by atoms with Crippen molar-refractivity contribution in [1.82, 2.24) is 0 Å². The minimum atomic E-state index is -1.03. The van der Waals surface area contributed by atoms with Crippen LogP contribution in [-0.4, -0.2) is 48.3 Å². The van der Waals surface area contributed by atoms with Crippen LogP contribution in [0.3, 0.4) is 0 Å². The number of carboxylic acids is 2. The molecule has 0 saturated heterocycles. The molecule has 0 bridgehead atoms. The highest BCUT2D eigenvalue weighted by Gasteiger charge is 2.29. The van der Waals surface area contributed by atoms with Gasteiger partial charge in [0.15, 0.2) is 0 Å². The van der Waals surface area contributed by atoms with Crippen LogP contribution in [-0.2, 0) is 9.47 Å². The minimum absolute atomic E-state index is 0.106. The van der Waals surface area contributed by atoms with Crippen molar-refractivity contribution in [2.24, 2.45) is 0 Å². The predicted octanol–water partition coefficient (Wildman–Crippen LogP) is 11.8. The van der Waals surface area contributed by atoms with E-state index in [1.807, 2.05) is 19.1 Å². The Morgan fingerprint density at radius 3 is 1.44 bits per heavy atom. The van der Waals surface area contributed by atoms with Gasteiger partial charge in [-0.15, -0.1) is 0 Å². The van der Waals surface area contributed by atoms with E-state index in [1.165, 1.54) is 20.3 Å². The second-order valence-electron chi connectivity index (χ2n) is 9.97. The molecule has 0 heterocycles. The van der Waals surface area contributed by atoms with Crippen molar-refractivity contribution in [3.63, 3.8) is 0 Å². The standard InChI is InChI=1S/C11H11ClO2.C10H9ClO2.C8H6BrClO2.C7H4BrClO2/c1-14-11(13)10-8(7-5-6-7)3-2-4-9(10)12;1-2-4-7-5-3-6-8(11)9(7)10(12)13;1-12-8(11)7-5(9)3-2-4-6(7)10;8-4-2-1-3-5(9)6(4)7(10)11/h2-4,7H,5-6H2,1H3;2-6H,1H3,(H,12,13);2-4H,1H3;1-3H,(H,10,11)/b;4-2+;;. The first-order valence-corrected chi connectivity index (χ1v) is 17.5. The average Bonchev–Trinajstić information content (AvgIpc) is 3.91. The van der Waals surface area contributed by atoms with Crippen LogP contribution < -0.4 is 0 Å². The number of rotatable bonds is 6. The molecule has 2 N–H and O–H groups in total. The van der Waals surface area contributed by atoms with Crippen molar-refractivity contribution in [3.05, 3.63) is 141 Å². The summed E-state index contributed by atoms with van der Waals surface area (Å²) in [6.45, 7) is 1.83. The topological polar surface area (TPSA) is 127 Å². The lowest BCUT2D eigenvalue weighted by atomic mass is 10.0. The molecule has 264 valence electrons. The maximum Gasteiger partial charge on any atom is 0.340 e. The van der Waals surface area contributed by atoms with Gasteiger partial charge < -0.3 is 19.7 Å². The predicted molar refractivity (Wildman–Crippen MR) is 204 cm³/mol. The molecule has 0 aromatic heterocycles. The summed E-state index contributed by atoms with van der Waals surface area (Å²) < 4.78 is 10.4. The first kappa shape index (κ1) is 42.8. The van der Waals surface area contributed by atoms with Crippen molar-refractivity contribution in [2.45, 2.75) is 25.7 Å². The SMILES string of the molecule is C/C=C/c1cccc(Cl)c1C(=O)O.COC(=O)c1c(Cl)cccc1Br.COC(=O)c1c(Cl)cccc1C1CC1.O=C(O)c1c(Cl)cccc1Br. The maximum absolute atomic E-state index is 11.5. The Kier molecular flexibility index (Phi) is 18.0. The van der Waals surface area contributed by atoms with Crippen LogP contribution in [0.1, 0.15) is 78.2 Å². The van der Waals surface area contributed by atoms with Gasteiger partial charge in [0.2, 0.25) is 0 Å². The molecule has 0 radical (unpaired) electrons. The summed E-state index contributed by atoms with van der Waals surface area (Å²) in [5.41, 5.74) is 2.82. The van der Waals surface area contributed by atoms with E-state index in [4.69, 9.17) is 61.4 Å². The third kappa shape index (κ3) is 12.4. The van der Waals surface area contributed by atoms with Gasteiger partial charge in [0.05, 0.1) is 56.6 Å². The molecule has 1 aliphatic rings. The molecular weight excluding hydrogens is 862 g/mol. The van der Waals surface area contributed by atoms with E-state index in [9.17, 15) is 19.2 Å². The van der Waals surface area contributed by atoms with Crippen LogP contribution in [0, 0.1) is 0 Å². The normalized spacial score (nSPS) is 11.5. The Hall–Kier alpha value is -3.38. The molecule has 1 aliphatic carbocycles. The fourth-order valence-electron chi connectivity index (χ4n) is 4.17. The quantitative estimate of drug-likeness (QED) is 0.183. The smallest absolute Gasteiger partial charge is 0.340 e. The van der Waals surface area contributed by atoms with Gasteiger partial charge in [-0.3, -0.25) is 0 Å². The highest BCUT2D eigenvalue weighted by Crippen LogP contribution is 2.43. The Labute approximate surface area is 326 Å². The third-order valence-electron chi connectivity index (χ3n) is 6.59. The van der Waals surface area contributed by atoms with Gasteiger partial charge in [-0.1, -0.05) is 95.0 Å². The fourth-order valence-corrected chi connectivity index (χ4v) is 6.50. The number of allylic oxidation sites excluding steroid dienone is 1. The number of hydrogen-bond donors (Lipinski definition) is 2. The number of esters is 2. The number of benzene rings is 4. The third-order valence-corrected chi connectivity index (χ3v) is 9.17. The number of methoxy groups -OCH3 is 2. The maximum atomic E-state index is 11.5. The average molecular weight is 892 g/mol. The van der Waals surface area contributed by atoms with Crippen LogP contribution in [0.5, 0.6) is 0 Å². The molecule has 14 heteroatoms. The molecule has 0 unspecified atom stereocenters. The molecule has 50 heavy (non-hydrogen) atoms. The summed E-state index contributed by atoms with van der Waals surface area (Å²) in [4.78, 5) is 43.9. The van der Waals surface area contributed by atoms with Crippen LogP contribution in [0.4, 0.5) is 0 Å². The van der Waals surface area contributed by atoms with Crippen LogP contribution in [0.2, 0.25) is 20.1 Å². The summed E-state index contributed by atoms with van der Waals surface area (Å²) in [6.07, 6.45) is 5.78. The minimum Gasteiger partial charge on any atom is -0.478 e. The molecule has 0 atom stereocenters. The Balaban J connectivity index is 0.000000232. The molecule has 4 aromatic rings. The van der Waals surface area contributed by atoms with E-state index in [2.05, 4.69) is 36.6 Å². The first-order chi connectivity index (χ1) is 23.7. The van der Waals surface area contributed by atoms with Crippen molar-refractivity contribution < 1.29 is 38.9 Å². The molecular formula is C36H30Br2Cl4O8. The summed E-state index contributed by atoms with van der Waals surface area (Å²) in [7, 11) is 2.69. The molecule has 4 aromatic carbocycles. The van der Waals surface area contributed by atoms with Gasteiger partial charge in [0.25, 0.3) is 0 Å². The molecule has 0 spiro atoms. The van der Waals surface area contributed by atoms with Crippen LogP contribution >= 0.6 is 78.3 Å². The van der Waals surface area contributed by atoms with E-state index < -0.39 is 17.9 Å². The summed E-state index contributed by atoms with van der Waals surface area (Å²) >= 11 is 29.4. The Morgan fingerprint density at radius 2 is 1.04 bits per heavy atom. The van der Waals surface area contributed by atoms with E-state index in [0.29, 0.717) is 41.6 Å². The number of ether oxygens (including phenoxy) is 2. The lowest BCUT2D eigenvalue weighted by Crippen LogP contribution is -2.05. The zero-order valence-corrected chi connectivity index (χ0v) is 32.9. The van der Waals surface area contributed by atoms with E-state index in [1.54, 1.807) is 66.7 Å². The van der Waals surface area contributed by atoms with Gasteiger partial charge in [-0.05, 0) is 105 Å². The monoisotopic (exact) mass is 888 g/mol. The number of carboxylic acid groups (broad SMARTS) is 2. The highest BCUT2D eigenvalue weighted by atomic mass is 79.9. The van der Waals surface area contributed by atoms with Gasteiger partial charge in [0, 0.05) is 8.95 Å². The van der Waals surface area contributed by atoms with E-state index >= 15 is 0 Å². The zero-order chi connectivity index (χ0) is 37.5. The highest BCUT2D eigenvalue weighted by molar-refractivity contribution is 9.10. The van der Waals surface area contributed by atoms with Crippen molar-refractivity contribution >= 4 is 108 Å². The van der Waals surface area contributed by atoms with Crippen molar-refractivity contribution in [1.29, 1.82) is 0 Å².